The topological polar surface area (TPSA) is 78.1 Å². The molecule has 0 N–H and O–H groups in total. The summed E-state index contributed by atoms with van der Waals surface area (Å²) in [5.41, 5.74) is 0.916. The van der Waals surface area contributed by atoms with E-state index in [0.29, 0.717) is 10.9 Å². The zero-order valence-electron chi connectivity index (χ0n) is 11.3. The number of carbonyl (C=O) groups excluding carboxylic acids is 1. The van der Waals surface area contributed by atoms with E-state index in [9.17, 15) is 4.79 Å². The third-order valence-corrected chi connectivity index (χ3v) is 2.98. The van der Waals surface area contributed by atoms with Gasteiger partial charge in [-0.1, -0.05) is 29.8 Å². The lowest BCUT2D eigenvalue weighted by molar-refractivity contribution is 0.0431. The van der Waals surface area contributed by atoms with E-state index in [0.717, 1.165) is 5.56 Å². The lowest BCUT2D eigenvalue weighted by Gasteiger charge is -2.01. The van der Waals surface area contributed by atoms with Crippen LogP contribution in [0.4, 0.5) is 0 Å². The summed E-state index contributed by atoms with van der Waals surface area (Å²) >= 11 is 5.79. The minimum atomic E-state index is -0.609. The standard InChI is InChI=1S/C15H10ClN3O3/c16-11-6-7-17-12(8-11)15(20)21-9-13-18-19-14(22-13)10-4-2-1-3-5-10/h1-8H,9H2. The Morgan fingerprint density at radius 1 is 1.18 bits per heavy atom. The van der Waals surface area contributed by atoms with Crippen molar-refractivity contribution in [2.45, 2.75) is 6.61 Å². The first-order valence-corrected chi connectivity index (χ1v) is 6.76. The van der Waals surface area contributed by atoms with Crippen molar-refractivity contribution in [3.63, 3.8) is 0 Å². The molecule has 3 aromatic rings. The Kier molecular flexibility index (Phi) is 4.11. The van der Waals surface area contributed by atoms with Crippen molar-refractivity contribution in [2.24, 2.45) is 0 Å². The molecule has 0 fully saturated rings. The van der Waals surface area contributed by atoms with Gasteiger partial charge in [0.05, 0.1) is 0 Å². The summed E-state index contributed by atoms with van der Waals surface area (Å²) in [4.78, 5) is 15.7. The molecule has 0 amide bonds. The SMILES string of the molecule is O=C(OCc1nnc(-c2ccccc2)o1)c1cc(Cl)ccn1. The van der Waals surface area contributed by atoms with Gasteiger partial charge in [0, 0.05) is 16.8 Å². The van der Waals surface area contributed by atoms with Gasteiger partial charge in [-0.2, -0.15) is 0 Å². The summed E-state index contributed by atoms with van der Waals surface area (Å²) < 4.78 is 10.5. The normalized spacial score (nSPS) is 10.4. The Morgan fingerprint density at radius 3 is 2.77 bits per heavy atom. The highest BCUT2D eigenvalue weighted by Crippen LogP contribution is 2.17. The number of pyridine rings is 1. The van der Waals surface area contributed by atoms with E-state index < -0.39 is 5.97 Å². The van der Waals surface area contributed by atoms with Crippen molar-refractivity contribution < 1.29 is 13.9 Å². The van der Waals surface area contributed by atoms with E-state index in [1.807, 2.05) is 30.3 Å². The minimum absolute atomic E-state index is 0.121. The first-order valence-electron chi connectivity index (χ1n) is 6.39. The highest BCUT2D eigenvalue weighted by Gasteiger charge is 2.13. The number of nitrogens with zero attached hydrogens (tertiary/aromatic N) is 3. The van der Waals surface area contributed by atoms with Crippen molar-refractivity contribution in [3.8, 4) is 11.5 Å². The van der Waals surface area contributed by atoms with Crippen molar-refractivity contribution in [1.82, 2.24) is 15.2 Å². The second kappa shape index (κ2) is 6.36. The molecule has 0 radical (unpaired) electrons. The Bertz CT molecular complexity index is 789. The van der Waals surface area contributed by atoms with Crippen LogP contribution in [-0.4, -0.2) is 21.2 Å². The van der Waals surface area contributed by atoms with E-state index in [1.54, 1.807) is 6.07 Å². The molecule has 0 unspecified atom stereocenters. The molecule has 2 heterocycles. The summed E-state index contributed by atoms with van der Waals surface area (Å²) in [5, 5.41) is 8.15. The molecule has 0 saturated heterocycles. The molecule has 0 bridgehead atoms. The van der Waals surface area contributed by atoms with Crippen LogP contribution >= 0.6 is 11.6 Å². The molecule has 0 aliphatic rings. The van der Waals surface area contributed by atoms with Crippen molar-refractivity contribution >= 4 is 17.6 Å². The number of halogens is 1. The van der Waals surface area contributed by atoms with E-state index >= 15 is 0 Å². The van der Waals surface area contributed by atoms with Crippen LogP contribution in [0.2, 0.25) is 5.02 Å². The van der Waals surface area contributed by atoms with Gasteiger partial charge >= 0.3 is 5.97 Å². The van der Waals surface area contributed by atoms with Gasteiger partial charge in [-0.05, 0) is 24.3 Å². The fourth-order valence-corrected chi connectivity index (χ4v) is 1.89. The minimum Gasteiger partial charge on any atom is -0.451 e. The number of hydrogen-bond donors (Lipinski definition) is 0. The molecule has 0 aliphatic carbocycles. The molecule has 22 heavy (non-hydrogen) atoms. The number of rotatable bonds is 4. The van der Waals surface area contributed by atoms with Crippen LogP contribution in [0.1, 0.15) is 16.4 Å². The maximum absolute atomic E-state index is 11.8. The van der Waals surface area contributed by atoms with Gasteiger partial charge in [-0.15, -0.1) is 10.2 Å². The number of carbonyl (C=O) groups is 1. The third-order valence-electron chi connectivity index (χ3n) is 2.75. The van der Waals surface area contributed by atoms with Gasteiger partial charge in [-0.25, -0.2) is 9.78 Å². The average Bonchev–Trinajstić information content (AvgIpc) is 3.02. The molecule has 1 aromatic carbocycles. The molecule has 7 heteroatoms. The molecule has 6 nitrogen and oxygen atoms in total. The number of benzene rings is 1. The molecule has 110 valence electrons. The zero-order chi connectivity index (χ0) is 15.4. The van der Waals surface area contributed by atoms with Crippen molar-refractivity contribution in [3.05, 3.63) is 65.3 Å². The summed E-state index contributed by atoms with van der Waals surface area (Å²) in [6.07, 6.45) is 1.43. The van der Waals surface area contributed by atoms with E-state index in [-0.39, 0.29) is 18.2 Å². The Morgan fingerprint density at radius 2 is 2.00 bits per heavy atom. The van der Waals surface area contributed by atoms with Gasteiger partial charge in [0.1, 0.15) is 5.69 Å². The first kappa shape index (κ1) is 14.2. The Balaban J connectivity index is 1.65. The zero-order valence-corrected chi connectivity index (χ0v) is 12.0. The maximum atomic E-state index is 11.8. The van der Waals surface area contributed by atoms with Crippen LogP contribution in [0.15, 0.2) is 53.1 Å². The highest BCUT2D eigenvalue weighted by molar-refractivity contribution is 6.30. The predicted molar refractivity (Wildman–Crippen MR) is 78.1 cm³/mol. The quantitative estimate of drug-likeness (QED) is 0.688. The van der Waals surface area contributed by atoms with Gasteiger partial charge < -0.3 is 9.15 Å². The largest absolute Gasteiger partial charge is 0.451 e. The van der Waals surface area contributed by atoms with Crippen LogP contribution < -0.4 is 0 Å². The maximum Gasteiger partial charge on any atom is 0.357 e. The molecular formula is C15H10ClN3O3. The fraction of sp³-hybridized carbons (Fsp3) is 0.0667. The Hall–Kier alpha value is -2.73. The molecule has 0 atom stereocenters. The summed E-state index contributed by atoms with van der Waals surface area (Å²) in [6, 6.07) is 12.3. The summed E-state index contributed by atoms with van der Waals surface area (Å²) in [7, 11) is 0. The lowest BCUT2D eigenvalue weighted by Crippen LogP contribution is -2.07. The second-order valence-corrected chi connectivity index (χ2v) is 4.74. The van der Waals surface area contributed by atoms with Crippen LogP contribution in [-0.2, 0) is 11.3 Å². The van der Waals surface area contributed by atoms with E-state index in [2.05, 4.69) is 15.2 Å². The van der Waals surface area contributed by atoms with E-state index in [1.165, 1.54) is 12.3 Å². The van der Waals surface area contributed by atoms with Crippen LogP contribution in [0.5, 0.6) is 0 Å². The molecule has 0 spiro atoms. The Labute approximate surface area is 130 Å². The smallest absolute Gasteiger partial charge is 0.357 e. The number of hydrogen-bond acceptors (Lipinski definition) is 6. The van der Waals surface area contributed by atoms with E-state index in [4.69, 9.17) is 20.8 Å². The van der Waals surface area contributed by atoms with Gasteiger partial charge in [0.25, 0.3) is 5.89 Å². The van der Waals surface area contributed by atoms with Crippen molar-refractivity contribution in [1.29, 1.82) is 0 Å². The number of ether oxygens (including phenoxy) is 1. The fourth-order valence-electron chi connectivity index (χ4n) is 1.73. The molecule has 0 aliphatic heterocycles. The molecule has 2 aromatic heterocycles. The van der Waals surface area contributed by atoms with Crippen LogP contribution in [0.3, 0.4) is 0 Å². The van der Waals surface area contributed by atoms with Crippen molar-refractivity contribution in [2.75, 3.05) is 0 Å². The lowest BCUT2D eigenvalue weighted by atomic mass is 10.2. The monoisotopic (exact) mass is 315 g/mol. The number of esters is 1. The molecular weight excluding hydrogens is 306 g/mol. The van der Waals surface area contributed by atoms with Crippen LogP contribution in [0.25, 0.3) is 11.5 Å². The average molecular weight is 316 g/mol. The molecule has 0 saturated carbocycles. The summed E-state index contributed by atoms with van der Waals surface area (Å²) in [5.74, 6) is -0.0382. The summed E-state index contributed by atoms with van der Waals surface area (Å²) in [6.45, 7) is -0.132. The van der Waals surface area contributed by atoms with Gasteiger partial charge in [0.15, 0.2) is 6.61 Å². The number of aromatic nitrogens is 3. The molecule has 3 rings (SSSR count). The third kappa shape index (κ3) is 3.29. The highest BCUT2D eigenvalue weighted by atomic mass is 35.5. The van der Waals surface area contributed by atoms with Gasteiger partial charge in [0.2, 0.25) is 5.89 Å². The first-order chi connectivity index (χ1) is 10.7. The second-order valence-electron chi connectivity index (χ2n) is 4.30. The predicted octanol–water partition coefficient (Wildman–Crippen LogP) is 3.14. The van der Waals surface area contributed by atoms with Gasteiger partial charge in [-0.3, -0.25) is 0 Å². The van der Waals surface area contributed by atoms with Crippen LogP contribution in [0, 0.1) is 0 Å².